The molecule has 0 aliphatic heterocycles. The molecule has 2 aromatic carbocycles. The van der Waals surface area contributed by atoms with E-state index in [1.807, 2.05) is 0 Å². The van der Waals surface area contributed by atoms with Crippen LogP contribution in [0, 0.1) is 5.82 Å². The molecular weight excluding hydrogens is 509 g/mol. The second kappa shape index (κ2) is 13.6. The number of anilines is 1. The smallest absolute Gasteiger partial charge is 0.242 e. The third kappa shape index (κ3) is 8.18. The zero-order valence-corrected chi connectivity index (χ0v) is 23.2. The van der Waals surface area contributed by atoms with Gasteiger partial charge < -0.3 is 15.0 Å². The molecule has 1 N–H and O–H groups in total. The van der Waals surface area contributed by atoms with E-state index in [1.54, 1.807) is 49.4 Å². The van der Waals surface area contributed by atoms with Gasteiger partial charge in [0.15, 0.2) is 0 Å². The number of carbonyl (C=O) groups is 2. The van der Waals surface area contributed by atoms with E-state index in [9.17, 15) is 22.4 Å². The molecule has 10 heteroatoms. The second-order valence-corrected chi connectivity index (χ2v) is 11.7. The Hall–Kier alpha value is -3.14. The van der Waals surface area contributed by atoms with Gasteiger partial charge in [-0.25, -0.2) is 12.8 Å². The molecule has 2 amide bonds. The molecule has 0 saturated heterocycles. The third-order valence-electron chi connectivity index (χ3n) is 6.93. The molecule has 0 radical (unpaired) electrons. The summed E-state index contributed by atoms with van der Waals surface area (Å²) in [5.74, 6) is -0.463. The SMILES string of the molecule is COc1ccc(N(CCCC(=O)N(Cc2ccccc2F)[C@H](C)C(=O)NC2CCCCC2)S(C)(=O)=O)cc1. The van der Waals surface area contributed by atoms with Crippen molar-refractivity contribution >= 4 is 27.5 Å². The highest BCUT2D eigenvalue weighted by atomic mass is 32.2. The van der Waals surface area contributed by atoms with Crippen molar-refractivity contribution in [1.29, 1.82) is 0 Å². The lowest BCUT2D eigenvalue weighted by atomic mass is 9.95. The molecule has 1 saturated carbocycles. The fraction of sp³-hybridized carbons (Fsp3) is 0.500. The number of amides is 2. The summed E-state index contributed by atoms with van der Waals surface area (Å²) in [6.45, 7) is 1.67. The molecule has 1 aliphatic rings. The lowest BCUT2D eigenvalue weighted by Gasteiger charge is -2.31. The number of nitrogens with one attached hydrogen (secondary N) is 1. The topological polar surface area (TPSA) is 96.0 Å². The first-order chi connectivity index (χ1) is 18.1. The minimum Gasteiger partial charge on any atom is -0.497 e. The van der Waals surface area contributed by atoms with Crippen LogP contribution in [0.25, 0.3) is 0 Å². The van der Waals surface area contributed by atoms with Gasteiger partial charge in [-0.1, -0.05) is 37.5 Å². The predicted molar refractivity (Wildman–Crippen MR) is 146 cm³/mol. The van der Waals surface area contributed by atoms with E-state index in [1.165, 1.54) is 22.4 Å². The van der Waals surface area contributed by atoms with E-state index >= 15 is 0 Å². The lowest BCUT2D eigenvalue weighted by molar-refractivity contribution is -0.141. The summed E-state index contributed by atoms with van der Waals surface area (Å²) in [5, 5.41) is 3.06. The van der Waals surface area contributed by atoms with E-state index in [4.69, 9.17) is 4.74 Å². The highest BCUT2D eigenvalue weighted by Crippen LogP contribution is 2.23. The highest BCUT2D eigenvalue weighted by molar-refractivity contribution is 7.92. The van der Waals surface area contributed by atoms with Crippen LogP contribution in [-0.2, 0) is 26.2 Å². The van der Waals surface area contributed by atoms with Crippen LogP contribution >= 0.6 is 0 Å². The number of rotatable bonds is 12. The largest absolute Gasteiger partial charge is 0.497 e. The maximum absolute atomic E-state index is 14.5. The minimum atomic E-state index is -3.60. The summed E-state index contributed by atoms with van der Waals surface area (Å²) >= 11 is 0. The van der Waals surface area contributed by atoms with Crippen molar-refractivity contribution < 1.29 is 27.1 Å². The Labute approximate surface area is 225 Å². The van der Waals surface area contributed by atoms with Gasteiger partial charge in [0.25, 0.3) is 0 Å². The summed E-state index contributed by atoms with van der Waals surface area (Å²) in [6.07, 6.45) is 6.42. The van der Waals surface area contributed by atoms with Gasteiger partial charge in [-0.05, 0) is 56.5 Å². The lowest BCUT2D eigenvalue weighted by Crippen LogP contribution is -2.50. The highest BCUT2D eigenvalue weighted by Gasteiger charge is 2.29. The zero-order valence-electron chi connectivity index (χ0n) is 22.4. The number of sulfonamides is 1. The minimum absolute atomic E-state index is 0.00231. The van der Waals surface area contributed by atoms with Gasteiger partial charge >= 0.3 is 0 Å². The molecule has 0 aromatic heterocycles. The summed E-state index contributed by atoms with van der Waals surface area (Å²) in [5.41, 5.74) is 0.776. The monoisotopic (exact) mass is 547 g/mol. The summed E-state index contributed by atoms with van der Waals surface area (Å²) in [6, 6.07) is 12.1. The molecule has 1 aliphatic carbocycles. The molecule has 3 rings (SSSR count). The first kappa shape index (κ1) is 29.4. The number of halogens is 1. The molecule has 0 heterocycles. The number of hydrogen-bond donors (Lipinski definition) is 1. The molecule has 2 aromatic rings. The summed E-state index contributed by atoms with van der Waals surface area (Å²) < 4.78 is 45.8. The molecule has 8 nitrogen and oxygen atoms in total. The van der Waals surface area contributed by atoms with Crippen LogP contribution in [0.2, 0.25) is 0 Å². The van der Waals surface area contributed by atoms with E-state index in [0.29, 0.717) is 17.0 Å². The van der Waals surface area contributed by atoms with Crippen molar-refractivity contribution in [1.82, 2.24) is 10.2 Å². The Morgan fingerprint density at radius 1 is 1.08 bits per heavy atom. The van der Waals surface area contributed by atoms with E-state index in [0.717, 1.165) is 38.4 Å². The standard InChI is InChI=1S/C28H38FN3O5S/c1-21(28(34)30-23-11-5-4-6-12-23)31(20-22-10-7-8-13-26(22)29)27(33)14-9-19-32(38(3,35)36)24-15-17-25(37-2)18-16-24/h7-8,10,13,15-18,21,23H,4-6,9,11-12,14,19-20H2,1-3H3,(H,30,34)/t21-/m1/s1. The molecule has 38 heavy (non-hydrogen) atoms. The fourth-order valence-electron chi connectivity index (χ4n) is 4.71. The number of carbonyl (C=O) groups excluding carboxylic acids is 2. The van der Waals surface area contributed by atoms with Crippen LogP contribution in [0.15, 0.2) is 48.5 Å². The molecule has 0 bridgehead atoms. The van der Waals surface area contributed by atoms with Crippen molar-refractivity contribution in [3.8, 4) is 5.75 Å². The summed E-state index contributed by atoms with van der Waals surface area (Å²) in [4.78, 5) is 27.9. The molecule has 0 spiro atoms. The molecule has 0 unspecified atom stereocenters. The van der Waals surface area contributed by atoms with Gasteiger partial charge in [0, 0.05) is 31.1 Å². The first-order valence-corrected chi connectivity index (χ1v) is 14.9. The Morgan fingerprint density at radius 2 is 1.74 bits per heavy atom. The fourth-order valence-corrected chi connectivity index (χ4v) is 5.68. The van der Waals surface area contributed by atoms with Gasteiger partial charge in [-0.3, -0.25) is 13.9 Å². The van der Waals surface area contributed by atoms with Crippen LogP contribution < -0.4 is 14.4 Å². The van der Waals surface area contributed by atoms with Crippen LogP contribution in [0.4, 0.5) is 10.1 Å². The van der Waals surface area contributed by atoms with E-state index < -0.39 is 21.9 Å². The van der Waals surface area contributed by atoms with Crippen LogP contribution in [0.3, 0.4) is 0 Å². The van der Waals surface area contributed by atoms with Gasteiger partial charge in [-0.15, -0.1) is 0 Å². The van der Waals surface area contributed by atoms with Gasteiger partial charge in [0.2, 0.25) is 21.8 Å². The molecule has 1 fully saturated rings. The number of benzene rings is 2. The number of hydrogen-bond acceptors (Lipinski definition) is 5. The van der Waals surface area contributed by atoms with E-state index in [2.05, 4.69) is 5.32 Å². The predicted octanol–water partition coefficient (Wildman–Crippen LogP) is 4.25. The molecule has 208 valence electrons. The molecule has 1 atom stereocenters. The second-order valence-electron chi connectivity index (χ2n) is 9.77. The van der Waals surface area contributed by atoms with Crippen LogP contribution in [0.1, 0.15) is 57.4 Å². The number of nitrogens with zero attached hydrogens (tertiary/aromatic N) is 2. The third-order valence-corrected chi connectivity index (χ3v) is 8.12. The Balaban J connectivity index is 1.71. The van der Waals surface area contributed by atoms with Gasteiger partial charge in [0.05, 0.1) is 19.1 Å². The van der Waals surface area contributed by atoms with Crippen LogP contribution in [0.5, 0.6) is 5.75 Å². The normalized spacial score (nSPS) is 14.9. The Bertz CT molecular complexity index is 1180. The van der Waals surface area contributed by atoms with Crippen LogP contribution in [-0.4, -0.2) is 57.1 Å². The van der Waals surface area contributed by atoms with Crippen molar-refractivity contribution in [3.05, 3.63) is 59.9 Å². The average Bonchev–Trinajstić information content (AvgIpc) is 2.90. The van der Waals surface area contributed by atoms with E-state index in [-0.39, 0.29) is 43.8 Å². The quantitative estimate of drug-likeness (QED) is 0.429. The van der Waals surface area contributed by atoms with Gasteiger partial charge in [-0.2, -0.15) is 0 Å². The maximum atomic E-state index is 14.5. The summed E-state index contributed by atoms with van der Waals surface area (Å²) in [7, 11) is -2.08. The molecular formula is C28H38FN3O5S. The van der Waals surface area contributed by atoms with Gasteiger partial charge in [0.1, 0.15) is 17.6 Å². The maximum Gasteiger partial charge on any atom is 0.242 e. The number of ether oxygens (including phenoxy) is 1. The average molecular weight is 548 g/mol. The van der Waals surface area contributed by atoms with Crippen molar-refractivity contribution in [2.24, 2.45) is 0 Å². The Kier molecular flexibility index (Phi) is 10.5. The zero-order chi connectivity index (χ0) is 27.7. The first-order valence-electron chi connectivity index (χ1n) is 13.0. The van der Waals surface area contributed by atoms with Crippen molar-refractivity contribution in [3.63, 3.8) is 0 Å². The Morgan fingerprint density at radius 3 is 2.34 bits per heavy atom. The van der Waals surface area contributed by atoms with Crippen molar-refractivity contribution in [2.75, 3.05) is 24.2 Å². The van der Waals surface area contributed by atoms with Crippen molar-refractivity contribution in [2.45, 2.75) is 70.5 Å². The number of methoxy groups -OCH3 is 1.